The van der Waals surface area contributed by atoms with E-state index in [4.69, 9.17) is 0 Å². The lowest BCUT2D eigenvalue weighted by atomic mass is 10.2. The first kappa shape index (κ1) is 15.2. The second-order valence-corrected chi connectivity index (χ2v) is 5.64. The first-order valence-electron chi connectivity index (χ1n) is 6.46. The van der Waals surface area contributed by atoms with Crippen LogP contribution in [0.3, 0.4) is 0 Å². The van der Waals surface area contributed by atoms with Crippen LogP contribution in [0, 0.1) is 6.92 Å². The third-order valence-corrected chi connectivity index (χ3v) is 4.07. The molecular weight excluding hydrogens is 290 g/mol. The van der Waals surface area contributed by atoms with E-state index in [2.05, 4.69) is 20.6 Å². The van der Waals surface area contributed by atoms with Crippen LogP contribution < -0.4 is 16.2 Å². The van der Waals surface area contributed by atoms with Gasteiger partial charge in [-0.25, -0.2) is 14.8 Å². The Balaban J connectivity index is 1.90. The van der Waals surface area contributed by atoms with Gasteiger partial charge in [-0.15, -0.1) is 11.3 Å². The van der Waals surface area contributed by atoms with Crippen molar-refractivity contribution >= 4 is 23.2 Å². The molecule has 0 aliphatic carbocycles. The molecule has 8 heteroatoms. The fourth-order valence-electron chi connectivity index (χ4n) is 1.67. The van der Waals surface area contributed by atoms with Gasteiger partial charge in [0.25, 0.3) is 5.56 Å². The van der Waals surface area contributed by atoms with Crippen molar-refractivity contribution in [3.8, 4) is 0 Å². The van der Waals surface area contributed by atoms with Crippen molar-refractivity contribution < 1.29 is 4.79 Å². The fourth-order valence-corrected chi connectivity index (χ4v) is 2.52. The van der Waals surface area contributed by atoms with E-state index in [0.717, 1.165) is 10.7 Å². The van der Waals surface area contributed by atoms with E-state index in [-0.39, 0.29) is 17.3 Å². The highest BCUT2D eigenvalue weighted by molar-refractivity contribution is 7.09. The Hall–Kier alpha value is -2.22. The summed E-state index contributed by atoms with van der Waals surface area (Å²) in [5, 5.41) is 8.11. The van der Waals surface area contributed by atoms with Crippen LogP contribution in [0.5, 0.6) is 0 Å². The summed E-state index contributed by atoms with van der Waals surface area (Å²) in [4.78, 5) is 31.7. The molecule has 2 N–H and O–H groups in total. The molecule has 2 aromatic rings. The van der Waals surface area contributed by atoms with Crippen molar-refractivity contribution in [3.05, 3.63) is 38.8 Å². The number of hydrogen-bond donors (Lipinski definition) is 2. The molecule has 0 bridgehead atoms. The van der Waals surface area contributed by atoms with Gasteiger partial charge in [0.2, 0.25) is 5.82 Å². The summed E-state index contributed by atoms with van der Waals surface area (Å²) < 4.78 is 1.35. The van der Waals surface area contributed by atoms with Crippen molar-refractivity contribution in [1.82, 2.24) is 19.9 Å². The Morgan fingerprint density at radius 3 is 2.95 bits per heavy atom. The lowest BCUT2D eigenvalue weighted by Crippen LogP contribution is -2.34. The molecule has 0 radical (unpaired) electrons. The van der Waals surface area contributed by atoms with E-state index in [1.807, 2.05) is 19.2 Å². The first-order chi connectivity index (χ1) is 9.97. The van der Waals surface area contributed by atoms with E-state index >= 15 is 0 Å². The Kier molecular flexibility index (Phi) is 4.69. The molecule has 0 unspecified atom stereocenters. The number of hydrogen-bond acceptors (Lipinski definition) is 5. The van der Waals surface area contributed by atoms with Gasteiger partial charge in [-0.2, -0.15) is 0 Å². The standard InChI is InChI=1S/C13H17N5O2S/c1-8(11-16-9(2)7-21-11)6-15-13(20)17-10-12(19)18(3)5-4-14-10/h4-5,7-8H,6H2,1-3H3,(H2,14,15,17,20)/t8-/m1/s1. The van der Waals surface area contributed by atoms with E-state index in [0.29, 0.717) is 6.54 Å². The first-order valence-corrected chi connectivity index (χ1v) is 7.34. The van der Waals surface area contributed by atoms with Gasteiger partial charge < -0.3 is 9.88 Å². The molecule has 0 fully saturated rings. The number of nitrogens with one attached hydrogen (secondary N) is 2. The molecule has 0 saturated carbocycles. The molecule has 21 heavy (non-hydrogen) atoms. The van der Waals surface area contributed by atoms with Crippen molar-refractivity contribution in [2.45, 2.75) is 19.8 Å². The molecule has 1 atom stereocenters. The van der Waals surface area contributed by atoms with Crippen molar-refractivity contribution in [2.24, 2.45) is 7.05 Å². The summed E-state index contributed by atoms with van der Waals surface area (Å²) in [6.07, 6.45) is 2.98. The average molecular weight is 307 g/mol. The second-order valence-electron chi connectivity index (χ2n) is 4.76. The lowest BCUT2D eigenvalue weighted by Gasteiger charge is -2.11. The zero-order valence-electron chi connectivity index (χ0n) is 12.1. The van der Waals surface area contributed by atoms with E-state index in [1.54, 1.807) is 18.4 Å². The fraction of sp³-hybridized carbons (Fsp3) is 0.385. The Bertz CT molecular complexity index is 694. The van der Waals surface area contributed by atoms with Gasteiger partial charge in [-0.3, -0.25) is 10.1 Å². The van der Waals surface area contributed by atoms with Gasteiger partial charge in [0.05, 0.1) is 5.01 Å². The zero-order valence-corrected chi connectivity index (χ0v) is 12.9. The molecule has 0 aliphatic heterocycles. The number of urea groups is 1. The number of rotatable bonds is 4. The minimum absolute atomic E-state index is 0.00949. The number of thiazole rings is 1. The van der Waals surface area contributed by atoms with Gasteiger partial charge in [-0.1, -0.05) is 6.92 Å². The minimum atomic E-state index is -0.453. The van der Waals surface area contributed by atoms with Crippen LogP contribution in [0.1, 0.15) is 23.5 Å². The van der Waals surface area contributed by atoms with Crippen LogP contribution in [0.25, 0.3) is 0 Å². The molecule has 0 aliphatic rings. The molecule has 0 aromatic carbocycles. The normalized spacial score (nSPS) is 12.0. The lowest BCUT2D eigenvalue weighted by molar-refractivity contribution is 0.251. The predicted octanol–water partition coefficient (Wildman–Crippen LogP) is 1.47. The van der Waals surface area contributed by atoms with Crippen LogP contribution in [-0.4, -0.2) is 27.1 Å². The monoisotopic (exact) mass is 307 g/mol. The molecule has 7 nitrogen and oxygen atoms in total. The van der Waals surface area contributed by atoms with Gasteiger partial charge in [0.1, 0.15) is 0 Å². The Labute approximate surface area is 126 Å². The molecular formula is C13H17N5O2S. The van der Waals surface area contributed by atoms with E-state index in [9.17, 15) is 9.59 Å². The van der Waals surface area contributed by atoms with Gasteiger partial charge >= 0.3 is 6.03 Å². The SMILES string of the molecule is Cc1csc([C@H](C)CNC(=O)Nc2nccn(C)c2=O)n1. The van der Waals surface area contributed by atoms with Gasteiger partial charge in [0.15, 0.2) is 0 Å². The maximum Gasteiger partial charge on any atom is 0.320 e. The minimum Gasteiger partial charge on any atom is -0.337 e. The van der Waals surface area contributed by atoms with E-state index in [1.165, 1.54) is 17.0 Å². The number of aryl methyl sites for hydroxylation is 2. The maximum absolute atomic E-state index is 11.8. The Morgan fingerprint density at radius 2 is 2.29 bits per heavy atom. The summed E-state index contributed by atoms with van der Waals surface area (Å²) in [6.45, 7) is 4.36. The van der Waals surface area contributed by atoms with Crippen molar-refractivity contribution in [1.29, 1.82) is 0 Å². The summed E-state index contributed by atoms with van der Waals surface area (Å²) in [5.41, 5.74) is 0.625. The summed E-state index contributed by atoms with van der Waals surface area (Å²) in [5.74, 6) is 0.122. The molecule has 0 spiro atoms. The largest absolute Gasteiger partial charge is 0.337 e. The maximum atomic E-state index is 11.8. The average Bonchev–Trinajstić information content (AvgIpc) is 2.88. The smallest absolute Gasteiger partial charge is 0.320 e. The van der Waals surface area contributed by atoms with Crippen molar-refractivity contribution in [2.75, 3.05) is 11.9 Å². The molecule has 2 rings (SSSR count). The van der Waals surface area contributed by atoms with Crippen LogP contribution in [0.2, 0.25) is 0 Å². The third kappa shape index (κ3) is 3.88. The third-order valence-electron chi connectivity index (χ3n) is 2.88. The number of amides is 2. The van der Waals surface area contributed by atoms with Crippen LogP contribution in [0.15, 0.2) is 22.6 Å². The number of anilines is 1. The molecule has 0 saturated heterocycles. The predicted molar refractivity (Wildman–Crippen MR) is 81.8 cm³/mol. The zero-order chi connectivity index (χ0) is 15.4. The summed E-state index contributed by atoms with van der Waals surface area (Å²) >= 11 is 1.57. The number of aromatic nitrogens is 3. The van der Waals surface area contributed by atoms with Gasteiger partial charge in [0, 0.05) is 43.0 Å². The highest BCUT2D eigenvalue weighted by atomic mass is 32.1. The molecule has 2 aromatic heterocycles. The topological polar surface area (TPSA) is 88.9 Å². The van der Waals surface area contributed by atoms with Crippen LogP contribution in [-0.2, 0) is 7.05 Å². The number of nitrogens with zero attached hydrogens (tertiary/aromatic N) is 3. The van der Waals surface area contributed by atoms with Crippen LogP contribution in [0.4, 0.5) is 10.6 Å². The highest BCUT2D eigenvalue weighted by Crippen LogP contribution is 2.18. The van der Waals surface area contributed by atoms with E-state index < -0.39 is 6.03 Å². The highest BCUT2D eigenvalue weighted by Gasteiger charge is 2.12. The Morgan fingerprint density at radius 1 is 1.52 bits per heavy atom. The summed E-state index contributed by atoms with van der Waals surface area (Å²) in [6, 6.07) is -0.453. The van der Waals surface area contributed by atoms with Crippen molar-refractivity contribution in [3.63, 3.8) is 0 Å². The molecule has 2 amide bonds. The van der Waals surface area contributed by atoms with Gasteiger partial charge in [-0.05, 0) is 6.92 Å². The quantitative estimate of drug-likeness (QED) is 0.895. The summed E-state index contributed by atoms with van der Waals surface area (Å²) in [7, 11) is 1.60. The molecule has 112 valence electrons. The second kappa shape index (κ2) is 6.49. The molecule has 2 heterocycles. The number of carbonyl (C=O) groups excluding carboxylic acids is 1. The van der Waals surface area contributed by atoms with Crippen LogP contribution >= 0.6 is 11.3 Å². The number of carbonyl (C=O) groups is 1.